The van der Waals surface area contributed by atoms with Gasteiger partial charge in [0.05, 0.1) is 5.92 Å². The van der Waals surface area contributed by atoms with E-state index in [2.05, 4.69) is 21.2 Å². The molecule has 1 aromatic rings. The summed E-state index contributed by atoms with van der Waals surface area (Å²) in [5, 5.41) is 11.8. The van der Waals surface area contributed by atoms with Crippen LogP contribution in [0.4, 0.5) is 4.39 Å². The Bertz CT molecular complexity index is 439. The molecule has 1 aromatic carbocycles. The zero-order chi connectivity index (χ0) is 12.4. The first-order valence-electron chi connectivity index (χ1n) is 5.45. The number of carboxylic acid groups (broad SMARTS) is 1. The van der Waals surface area contributed by atoms with Gasteiger partial charge in [0.15, 0.2) is 0 Å². The molecule has 2 rings (SSSR count). The minimum atomic E-state index is -0.731. The molecule has 0 bridgehead atoms. The SMILES string of the molecule is O=C(O)C1CC1CNCc1cc(Br)ccc1F. The highest BCUT2D eigenvalue weighted by Gasteiger charge is 2.42. The Morgan fingerprint density at radius 3 is 3.00 bits per heavy atom. The van der Waals surface area contributed by atoms with E-state index in [1.54, 1.807) is 12.1 Å². The smallest absolute Gasteiger partial charge is 0.306 e. The predicted molar refractivity (Wildman–Crippen MR) is 65.0 cm³/mol. The number of hydrogen-bond acceptors (Lipinski definition) is 2. The van der Waals surface area contributed by atoms with Crippen molar-refractivity contribution in [3.63, 3.8) is 0 Å². The van der Waals surface area contributed by atoms with Gasteiger partial charge in [-0.25, -0.2) is 4.39 Å². The third-order valence-corrected chi connectivity index (χ3v) is 3.46. The molecule has 0 saturated heterocycles. The molecule has 0 spiro atoms. The van der Waals surface area contributed by atoms with Gasteiger partial charge >= 0.3 is 5.97 Å². The summed E-state index contributed by atoms with van der Waals surface area (Å²) in [5.41, 5.74) is 0.590. The number of halogens is 2. The van der Waals surface area contributed by atoms with E-state index in [1.165, 1.54) is 6.07 Å². The summed E-state index contributed by atoms with van der Waals surface area (Å²) >= 11 is 3.29. The summed E-state index contributed by atoms with van der Waals surface area (Å²) in [4.78, 5) is 10.6. The summed E-state index contributed by atoms with van der Waals surface area (Å²) in [5.74, 6) is -0.991. The highest BCUT2D eigenvalue weighted by molar-refractivity contribution is 9.10. The maximum Gasteiger partial charge on any atom is 0.306 e. The molecule has 1 aliphatic carbocycles. The van der Waals surface area contributed by atoms with E-state index in [9.17, 15) is 9.18 Å². The summed E-state index contributed by atoms with van der Waals surface area (Å²) in [6.45, 7) is 1.05. The molecule has 3 nitrogen and oxygen atoms in total. The second-order valence-corrected chi connectivity index (χ2v) is 5.22. The van der Waals surface area contributed by atoms with Crippen LogP contribution in [0.25, 0.3) is 0 Å². The molecule has 1 aliphatic rings. The van der Waals surface area contributed by atoms with E-state index in [4.69, 9.17) is 5.11 Å². The Morgan fingerprint density at radius 2 is 2.35 bits per heavy atom. The molecule has 0 aliphatic heterocycles. The Kier molecular flexibility index (Phi) is 3.79. The average molecular weight is 302 g/mol. The number of carbonyl (C=O) groups is 1. The standard InChI is InChI=1S/C12H13BrFNO2/c13-9-1-2-11(14)8(3-9)6-15-5-7-4-10(7)12(16)17/h1-3,7,10,15H,4-6H2,(H,16,17). The molecule has 0 radical (unpaired) electrons. The van der Waals surface area contributed by atoms with Crippen molar-refractivity contribution in [1.29, 1.82) is 0 Å². The number of hydrogen-bond donors (Lipinski definition) is 2. The predicted octanol–water partition coefficient (Wildman–Crippen LogP) is 2.40. The van der Waals surface area contributed by atoms with Crippen LogP contribution in [0, 0.1) is 17.7 Å². The molecule has 2 N–H and O–H groups in total. The lowest BCUT2D eigenvalue weighted by Crippen LogP contribution is -2.18. The van der Waals surface area contributed by atoms with Crippen molar-refractivity contribution in [2.24, 2.45) is 11.8 Å². The molecular weight excluding hydrogens is 289 g/mol. The highest BCUT2D eigenvalue weighted by Crippen LogP contribution is 2.37. The van der Waals surface area contributed by atoms with Gasteiger partial charge in [-0.15, -0.1) is 0 Å². The van der Waals surface area contributed by atoms with Gasteiger partial charge in [0.2, 0.25) is 0 Å². The third kappa shape index (κ3) is 3.26. The van der Waals surface area contributed by atoms with Crippen LogP contribution in [-0.4, -0.2) is 17.6 Å². The third-order valence-electron chi connectivity index (χ3n) is 2.97. The molecule has 2 unspecified atom stereocenters. The zero-order valence-corrected chi connectivity index (χ0v) is 10.7. The molecule has 1 fully saturated rings. The first-order chi connectivity index (χ1) is 8.08. The van der Waals surface area contributed by atoms with Crippen molar-refractivity contribution in [3.05, 3.63) is 34.1 Å². The largest absolute Gasteiger partial charge is 0.481 e. The molecule has 1 saturated carbocycles. The van der Waals surface area contributed by atoms with E-state index in [0.717, 1.165) is 10.9 Å². The number of carboxylic acids is 1. The molecule has 92 valence electrons. The van der Waals surface area contributed by atoms with Crippen molar-refractivity contribution in [1.82, 2.24) is 5.32 Å². The van der Waals surface area contributed by atoms with Crippen LogP contribution in [0.5, 0.6) is 0 Å². The summed E-state index contributed by atoms with van der Waals surface area (Å²) < 4.78 is 14.2. The van der Waals surface area contributed by atoms with Crippen molar-refractivity contribution in [2.45, 2.75) is 13.0 Å². The van der Waals surface area contributed by atoms with Gasteiger partial charge in [0, 0.05) is 16.6 Å². The second kappa shape index (κ2) is 5.14. The van der Waals surface area contributed by atoms with Gasteiger partial charge in [0.25, 0.3) is 0 Å². The summed E-state index contributed by atoms with van der Waals surface area (Å²) in [6.07, 6.45) is 0.725. The van der Waals surface area contributed by atoms with Crippen LogP contribution in [0.15, 0.2) is 22.7 Å². The molecule has 2 atom stereocenters. The van der Waals surface area contributed by atoms with Gasteiger partial charge in [-0.2, -0.15) is 0 Å². The molecular formula is C12H13BrFNO2. The van der Waals surface area contributed by atoms with E-state index in [0.29, 0.717) is 18.7 Å². The number of nitrogens with one attached hydrogen (secondary N) is 1. The van der Waals surface area contributed by atoms with Crippen LogP contribution in [0.3, 0.4) is 0 Å². The van der Waals surface area contributed by atoms with Crippen LogP contribution in [-0.2, 0) is 11.3 Å². The van der Waals surface area contributed by atoms with Crippen LogP contribution < -0.4 is 5.32 Å². The van der Waals surface area contributed by atoms with E-state index >= 15 is 0 Å². The van der Waals surface area contributed by atoms with E-state index in [1.807, 2.05) is 0 Å². The minimum Gasteiger partial charge on any atom is -0.481 e. The number of benzene rings is 1. The Morgan fingerprint density at radius 1 is 1.59 bits per heavy atom. The second-order valence-electron chi connectivity index (χ2n) is 4.31. The Hall–Kier alpha value is -0.940. The van der Waals surface area contributed by atoms with Crippen molar-refractivity contribution in [3.8, 4) is 0 Å². The van der Waals surface area contributed by atoms with Gasteiger partial charge < -0.3 is 10.4 Å². The molecule has 0 aromatic heterocycles. The van der Waals surface area contributed by atoms with Gasteiger partial charge in [0.1, 0.15) is 5.82 Å². The van der Waals surface area contributed by atoms with Crippen LogP contribution >= 0.6 is 15.9 Å². The van der Waals surface area contributed by atoms with Crippen molar-refractivity contribution >= 4 is 21.9 Å². The minimum absolute atomic E-state index is 0.197. The van der Waals surface area contributed by atoms with E-state index < -0.39 is 5.97 Å². The summed E-state index contributed by atoms with van der Waals surface area (Å²) in [6, 6.07) is 4.79. The highest BCUT2D eigenvalue weighted by atomic mass is 79.9. The normalized spacial score (nSPS) is 22.5. The topological polar surface area (TPSA) is 49.3 Å². The Balaban J connectivity index is 1.79. The number of rotatable bonds is 5. The van der Waals surface area contributed by atoms with Crippen LogP contribution in [0.2, 0.25) is 0 Å². The van der Waals surface area contributed by atoms with Gasteiger partial charge in [-0.3, -0.25) is 4.79 Å². The van der Waals surface area contributed by atoms with Gasteiger partial charge in [-0.1, -0.05) is 15.9 Å². The first kappa shape index (κ1) is 12.5. The molecule has 17 heavy (non-hydrogen) atoms. The van der Waals surface area contributed by atoms with Gasteiger partial charge in [-0.05, 0) is 37.1 Å². The quantitative estimate of drug-likeness (QED) is 0.878. The fraction of sp³-hybridized carbons (Fsp3) is 0.417. The fourth-order valence-electron chi connectivity index (χ4n) is 1.85. The zero-order valence-electron chi connectivity index (χ0n) is 9.12. The lowest BCUT2D eigenvalue weighted by molar-refractivity contribution is -0.138. The van der Waals surface area contributed by atoms with Crippen LogP contribution in [0.1, 0.15) is 12.0 Å². The first-order valence-corrected chi connectivity index (χ1v) is 6.24. The maximum absolute atomic E-state index is 13.4. The lowest BCUT2D eigenvalue weighted by atomic mass is 10.2. The lowest BCUT2D eigenvalue weighted by Gasteiger charge is -2.06. The average Bonchev–Trinajstić information content (AvgIpc) is 3.03. The monoisotopic (exact) mass is 301 g/mol. The summed E-state index contributed by atoms with van der Waals surface area (Å²) in [7, 11) is 0. The maximum atomic E-state index is 13.4. The molecule has 5 heteroatoms. The Labute approximate surface area is 107 Å². The van der Waals surface area contributed by atoms with E-state index in [-0.39, 0.29) is 17.7 Å². The van der Waals surface area contributed by atoms with Crippen molar-refractivity contribution in [2.75, 3.05) is 6.54 Å². The number of aliphatic carboxylic acids is 1. The molecule has 0 amide bonds. The molecule has 0 heterocycles. The van der Waals surface area contributed by atoms with Crippen molar-refractivity contribution < 1.29 is 14.3 Å². The fourth-order valence-corrected chi connectivity index (χ4v) is 2.26.